The van der Waals surface area contributed by atoms with Crippen LogP contribution in [0.5, 0.6) is 0 Å². The van der Waals surface area contributed by atoms with Crippen LogP contribution in [0.1, 0.15) is 26.2 Å². The number of rotatable bonds is 3. The highest BCUT2D eigenvalue weighted by molar-refractivity contribution is 5.07. The van der Waals surface area contributed by atoms with Crippen molar-refractivity contribution in [2.75, 3.05) is 13.2 Å². The Morgan fingerprint density at radius 3 is 3.07 bits per heavy atom. The van der Waals surface area contributed by atoms with Gasteiger partial charge in [-0.3, -0.25) is 0 Å². The molecule has 0 bridgehead atoms. The molecule has 2 heterocycles. The second-order valence-corrected chi connectivity index (χ2v) is 3.96. The quantitative estimate of drug-likeness (QED) is 0.746. The topological polar surface area (TPSA) is 38.7 Å². The summed E-state index contributed by atoms with van der Waals surface area (Å²) in [5.74, 6) is 0.989. The van der Waals surface area contributed by atoms with Gasteiger partial charge in [0.1, 0.15) is 11.9 Å². The zero-order valence-corrected chi connectivity index (χ0v) is 8.61. The Balaban J connectivity index is 1.99. The fourth-order valence-electron chi connectivity index (χ4n) is 2.30. The molecule has 1 saturated heterocycles. The van der Waals surface area contributed by atoms with E-state index >= 15 is 0 Å². The molecule has 0 spiro atoms. The predicted molar refractivity (Wildman–Crippen MR) is 52.8 cm³/mol. The number of hydrogen-bond donors (Lipinski definition) is 1. The fraction of sp³-hybridized carbons (Fsp3) is 0.818. The van der Waals surface area contributed by atoms with Gasteiger partial charge >= 0.3 is 0 Å². The SMILES string of the molecule is CCC1OCCC1C(O)C1=CCCO1. The molecule has 3 unspecified atom stereocenters. The summed E-state index contributed by atoms with van der Waals surface area (Å²) in [5, 5.41) is 10.1. The number of aliphatic hydroxyl groups is 1. The smallest absolute Gasteiger partial charge is 0.121 e. The van der Waals surface area contributed by atoms with Gasteiger partial charge in [0.2, 0.25) is 0 Å². The first-order valence-electron chi connectivity index (χ1n) is 5.45. The van der Waals surface area contributed by atoms with Gasteiger partial charge in [0.25, 0.3) is 0 Å². The molecule has 14 heavy (non-hydrogen) atoms. The molecule has 0 aromatic heterocycles. The van der Waals surface area contributed by atoms with Gasteiger partial charge in [-0.15, -0.1) is 0 Å². The third-order valence-corrected chi connectivity index (χ3v) is 3.09. The highest BCUT2D eigenvalue weighted by Crippen LogP contribution is 2.31. The largest absolute Gasteiger partial charge is 0.495 e. The van der Waals surface area contributed by atoms with Gasteiger partial charge in [-0.2, -0.15) is 0 Å². The Kier molecular flexibility index (Phi) is 3.08. The third-order valence-electron chi connectivity index (χ3n) is 3.09. The van der Waals surface area contributed by atoms with Crippen LogP contribution in [-0.4, -0.2) is 30.5 Å². The van der Waals surface area contributed by atoms with E-state index in [-0.39, 0.29) is 12.0 Å². The second-order valence-electron chi connectivity index (χ2n) is 3.96. The lowest BCUT2D eigenvalue weighted by Gasteiger charge is -2.23. The molecule has 1 N–H and O–H groups in total. The Hall–Kier alpha value is -0.540. The molecule has 0 amide bonds. The highest BCUT2D eigenvalue weighted by atomic mass is 16.5. The summed E-state index contributed by atoms with van der Waals surface area (Å²) >= 11 is 0. The lowest BCUT2D eigenvalue weighted by atomic mass is 9.92. The van der Waals surface area contributed by atoms with Crippen LogP contribution in [0.2, 0.25) is 0 Å². The normalized spacial score (nSPS) is 34.0. The Bertz CT molecular complexity index is 225. The van der Waals surface area contributed by atoms with Crippen molar-refractivity contribution in [3.05, 3.63) is 11.8 Å². The van der Waals surface area contributed by atoms with Crippen LogP contribution in [0, 0.1) is 5.92 Å². The summed E-state index contributed by atoms with van der Waals surface area (Å²) in [7, 11) is 0. The maximum absolute atomic E-state index is 10.1. The van der Waals surface area contributed by atoms with Crippen LogP contribution < -0.4 is 0 Å². The Morgan fingerprint density at radius 2 is 2.43 bits per heavy atom. The summed E-state index contributed by atoms with van der Waals surface area (Å²) in [6, 6.07) is 0. The van der Waals surface area contributed by atoms with E-state index in [1.807, 2.05) is 6.08 Å². The molecule has 0 aromatic rings. The molecule has 3 nitrogen and oxygen atoms in total. The summed E-state index contributed by atoms with van der Waals surface area (Å²) in [6.45, 7) is 3.59. The summed E-state index contributed by atoms with van der Waals surface area (Å²) in [5.41, 5.74) is 0. The Labute approximate surface area is 84.7 Å². The summed E-state index contributed by atoms with van der Waals surface area (Å²) < 4.78 is 10.9. The van der Waals surface area contributed by atoms with Gasteiger partial charge in [0.15, 0.2) is 0 Å². The van der Waals surface area contributed by atoms with Crippen LogP contribution in [0.3, 0.4) is 0 Å². The van der Waals surface area contributed by atoms with E-state index < -0.39 is 6.10 Å². The van der Waals surface area contributed by atoms with E-state index in [4.69, 9.17) is 9.47 Å². The van der Waals surface area contributed by atoms with Crippen molar-refractivity contribution in [1.29, 1.82) is 0 Å². The van der Waals surface area contributed by atoms with E-state index in [1.165, 1.54) is 0 Å². The monoisotopic (exact) mass is 198 g/mol. The molecular formula is C11H18O3. The van der Waals surface area contributed by atoms with E-state index in [0.717, 1.165) is 38.2 Å². The van der Waals surface area contributed by atoms with Gasteiger partial charge in [0, 0.05) is 18.9 Å². The predicted octanol–water partition coefficient (Wildman–Crippen LogP) is 1.47. The average Bonchev–Trinajstić information content (AvgIpc) is 2.87. The minimum absolute atomic E-state index is 0.204. The van der Waals surface area contributed by atoms with Gasteiger partial charge in [-0.25, -0.2) is 0 Å². The van der Waals surface area contributed by atoms with Crippen molar-refractivity contribution in [2.24, 2.45) is 5.92 Å². The molecule has 3 heteroatoms. The molecule has 2 aliphatic rings. The van der Waals surface area contributed by atoms with Gasteiger partial charge in [0.05, 0.1) is 12.7 Å². The minimum atomic E-state index is -0.454. The van der Waals surface area contributed by atoms with E-state index in [9.17, 15) is 5.11 Å². The van der Waals surface area contributed by atoms with Crippen molar-refractivity contribution in [1.82, 2.24) is 0 Å². The molecule has 2 rings (SSSR count). The maximum Gasteiger partial charge on any atom is 0.121 e. The van der Waals surface area contributed by atoms with Gasteiger partial charge in [-0.05, 0) is 18.9 Å². The first-order valence-corrected chi connectivity index (χ1v) is 5.45. The van der Waals surface area contributed by atoms with Gasteiger partial charge < -0.3 is 14.6 Å². The van der Waals surface area contributed by atoms with Crippen molar-refractivity contribution < 1.29 is 14.6 Å². The zero-order chi connectivity index (χ0) is 9.97. The molecule has 0 saturated carbocycles. The average molecular weight is 198 g/mol. The maximum atomic E-state index is 10.1. The lowest BCUT2D eigenvalue weighted by Crippen LogP contribution is -2.29. The van der Waals surface area contributed by atoms with Crippen LogP contribution in [-0.2, 0) is 9.47 Å². The summed E-state index contributed by atoms with van der Waals surface area (Å²) in [4.78, 5) is 0. The Morgan fingerprint density at radius 1 is 1.57 bits per heavy atom. The number of ether oxygens (including phenoxy) is 2. The zero-order valence-electron chi connectivity index (χ0n) is 8.61. The lowest BCUT2D eigenvalue weighted by molar-refractivity contribution is 0.0220. The van der Waals surface area contributed by atoms with Crippen molar-refractivity contribution in [3.8, 4) is 0 Å². The molecule has 0 aromatic carbocycles. The fourth-order valence-corrected chi connectivity index (χ4v) is 2.30. The highest BCUT2D eigenvalue weighted by Gasteiger charge is 2.35. The van der Waals surface area contributed by atoms with Gasteiger partial charge in [-0.1, -0.05) is 6.92 Å². The van der Waals surface area contributed by atoms with Crippen LogP contribution in [0.4, 0.5) is 0 Å². The molecular weight excluding hydrogens is 180 g/mol. The van der Waals surface area contributed by atoms with E-state index in [0.29, 0.717) is 0 Å². The van der Waals surface area contributed by atoms with Crippen LogP contribution in [0.25, 0.3) is 0 Å². The van der Waals surface area contributed by atoms with E-state index in [1.54, 1.807) is 0 Å². The van der Waals surface area contributed by atoms with Crippen LogP contribution >= 0.6 is 0 Å². The third kappa shape index (κ3) is 1.79. The first-order chi connectivity index (χ1) is 6.83. The van der Waals surface area contributed by atoms with Crippen LogP contribution in [0.15, 0.2) is 11.8 Å². The molecule has 0 aliphatic carbocycles. The molecule has 1 fully saturated rings. The molecule has 80 valence electrons. The standard InChI is InChI=1S/C11H18O3/c1-2-9-8(5-7-14-9)11(12)10-4-3-6-13-10/h4,8-9,11-12H,2-3,5-7H2,1H3. The van der Waals surface area contributed by atoms with Crippen molar-refractivity contribution >= 4 is 0 Å². The molecule has 2 aliphatic heterocycles. The molecule has 3 atom stereocenters. The number of aliphatic hydroxyl groups excluding tert-OH is 1. The van der Waals surface area contributed by atoms with Crippen molar-refractivity contribution in [2.45, 2.75) is 38.4 Å². The number of hydrogen-bond acceptors (Lipinski definition) is 3. The minimum Gasteiger partial charge on any atom is -0.495 e. The van der Waals surface area contributed by atoms with E-state index in [2.05, 4.69) is 6.92 Å². The van der Waals surface area contributed by atoms with Crippen molar-refractivity contribution in [3.63, 3.8) is 0 Å². The first kappa shape index (κ1) is 9.99. The summed E-state index contributed by atoms with van der Waals surface area (Å²) in [6.07, 6.45) is 4.59. The second kappa shape index (κ2) is 4.32. The molecule has 0 radical (unpaired) electrons.